The molecule has 1 aromatic rings. The Bertz CT molecular complexity index is 479. The molecule has 0 aliphatic heterocycles. The number of nitrogens with two attached hydrogens (primary N) is 1. The third-order valence-corrected chi connectivity index (χ3v) is 3.35. The summed E-state index contributed by atoms with van der Waals surface area (Å²) in [6.07, 6.45) is 0.211. The second-order valence-electron chi connectivity index (χ2n) is 4.11. The first-order chi connectivity index (χ1) is 9.49. The van der Waals surface area contributed by atoms with Crippen molar-refractivity contribution in [2.45, 2.75) is 12.5 Å². The Morgan fingerprint density at radius 3 is 2.40 bits per heavy atom. The van der Waals surface area contributed by atoms with Crippen LogP contribution in [0.4, 0.5) is 0 Å². The van der Waals surface area contributed by atoms with Gasteiger partial charge in [-0.1, -0.05) is 30.3 Å². The molecule has 0 saturated heterocycles. The lowest BCUT2D eigenvalue weighted by Crippen LogP contribution is -2.43. The molecule has 4 N–H and O–H groups in total. The number of carboxylic acid groups (broad SMARTS) is 1. The number of rotatable bonds is 8. The van der Waals surface area contributed by atoms with E-state index in [4.69, 9.17) is 10.8 Å². The van der Waals surface area contributed by atoms with E-state index < -0.39 is 23.8 Å². The number of thioether (sulfide) groups is 1. The second kappa shape index (κ2) is 8.21. The topological polar surface area (TPSA) is 109 Å². The van der Waals surface area contributed by atoms with Gasteiger partial charge in [-0.15, -0.1) is 11.8 Å². The van der Waals surface area contributed by atoms with Crippen LogP contribution in [0.3, 0.4) is 0 Å². The van der Waals surface area contributed by atoms with Crippen LogP contribution in [0.5, 0.6) is 0 Å². The lowest BCUT2D eigenvalue weighted by molar-refractivity contribution is -0.141. The number of benzene rings is 1. The first-order valence-electron chi connectivity index (χ1n) is 5.91. The fraction of sp³-hybridized carbons (Fsp3) is 0.308. The molecule has 0 unspecified atom stereocenters. The summed E-state index contributed by atoms with van der Waals surface area (Å²) in [4.78, 5) is 33.2. The van der Waals surface area contributed by atoms with Gasteiger partial charge in [0.05, 0.1) is 11.5 Å². The fourth-order valence-electron chi connectivity index (χ4n) is 1.53. The number of primary amides is 1. The van der Waals surface area contributed by atoms with Crippen LogP contribution in [0.2, 0.25) is 0 Å². The smallest absolute Gasteiger partial charge is 0.326 e. The molecule has 0 aromatic heterocycles. The number of hydrogen-bond acceptors (Lipinski definition) is 4. The van der Waals surface area contributed by atoms with Crippen molar-refractivity contribution in [2.24, 2.45) is 5.73 Å². The van der Waals surface area contributed by atoms with E-state index in [2.05, 4.69) is 5.32 Å². The zero-order valence-corrected chi connectivity index (χ0v) is 11.6. The van der Waals surface area contributed by atoms with Gasteiger partial charge in [-0.25, -0.2) is 4.79 Å². The normalized spacial score (nSPS) is 11.6. The molecule has 0 bridgehead atoms. The van der Waals surface area contributed by atoms with Crippen LogP contribution in [-0.2, 0) is 20.8 Å². The summed E-state index contributed by atoms with van der Waals surface area (Å²) < 4.78 is 0. The summed E-state index contributed by atoms with van der Waals surface area (Å²) >= 11 is 1.05. The summed E-state index contributed by atoms with van der Waals surface area (Å²) in [6, 6.07) is 8.04. The monoisotopic (exact) mass is 296 g/mol. The van der Waals surface area contributed by atoms with Gasteiger partial charge >= 0.3 is 5.97 Å². The molecular formula is C13H16N2O4S. The quantitative estimate of drug-likeness (QED) is 0.626. The van der Waals surface area contributed by atoms with Gasteiger partial charge in [-0.2, -0.15) is 0 Å². The number of hydrogen-bond donors (Lipinski definition) is 3. The Balaban J connectivity index is 2.49. The average molecular weight is 296 g/mol. The number of carbonyl (C=O) groups excluding carboxylic acids is 2. The maximum atomic E-state index is 11.6. The highest BCUT2D eigenvalue weighted by molar-refractivity contribution is 8.00. The predicted octanol–water partition coefficient (Wildman–Crippen LogP) is 0.0170. The van der Waals surface area contributed by atoms with E-state index in [1.807, 2.05) is 6.07 Å². The highest BCUT2D eigenvalue weighted by atomic mass is 32.2. The van der Waals surface area contributed by atoms with Crippen molar-refractivity contribution in [1.82, 2.24) is 5.32 Å². The minimum Gasteiger partial charge on any atom is -0.480 e. The SMILES string of the molecule is NC(=O)CSCC(=O)N[C@@H](Cc1ccccc1)C(=O)O. The number of aliphatic carboxylic acids is 1. The number of nitrogens with one attached hydrogen (secondary N) is 1. The lowest BCUT2D eigenvalue weighted by atomic mass is 10.1. The van der Waals surface area contributed by atoms with Crippen LogP contribution in [-0.4, -0.2) is 40.4 Å². The van der Waals surface area contributed by atoms with Crippen molar-refractivity contribution in [1.29, 1.82) is 0 Å². The molecule has 0 saturated carbocycles. The zero-order valence-electron chi connectivity index (χ0n) is 10.7. The Hall–Kier alpha value is -2.02. The molecule has 1 aromatic carbocycles. The van der Waals surface area contributed by atoms with Gasteiger partial charge in [0.25, 0.3) is 0 Å². The van der Waals surface area contributed by atoms with Gasteiger partial charge in [0.2, 0.25) is 11.8 Å². The van der Waals surface area contributed by atoms with Crippen LogP contribution in [0.25, 0.3) is 0 Å². The van der Waals surface area contributed by atoms with Crippen molar-refractivity contribution in [3.8, 4) is 0 Å². The van der Waals surface area contributed by atoms with E-state index in [1.165, 1.54) is 0 Å². The summed E-state index contributed by atoms with van der Waals surface area (Å²) in [5.41, 5.74) is 5.77. The van der Waals surface area contributed by atoms with E-state index in [1.54, 1.807) is 24.3 Å². The average Bonchev–Trinajstić information content (AvgIpc) is 2.38. The van der Waals surface area contributed by atoms with Gasteiger partial charge in [-0.05, 0) is 5.56 Å². The van der Waals surface area contributed by atoms with Crippen LogP contribution in [0.15, 0.2) is 30.3 Å². The highest BCUT2D eigenvalue weighted by Gasteiger charge is 2.20. The Morgan fingerprint density at radius 1 is 1.20 bits per heavy atom. The Kier molecular flexibility index (Phi) is 6.58. The van der Waals surface area contributed by atoms with Crippen LogP contribution in [0.1, 0.15) is 5.56 Å². The van der Waals surface area contributed by atoms with Crippen molar-refractivity contribution >= 4 is 29.5 Å². The third-order valence-electron chi connectivity index (χ3n) is 2.39. The van der Waals surface area contributed by atoms with E-state index >= 15 is 0 Å². The minimum absolute atomic E-state index is 0.00150. The highest BCUT2D eigenvalue weighted by Crippen LogP contribution is 2.04. The third kappa shape index (κ3) is 6.24. The van der Waals surface area contributed by atoms with Crippen molar-refractivity contribution in [3.63, 3.8) is 0 Å². The molecule has 108 valence electrons. The van der Waals surface area contributed by atoms with Crippen molar-refractivity contribution in [3.05, 3.63) is 35.9 Å². The summed E-state index contributed by atoms with van der Waals surface area (Å²) in [7, 11) is 0. The standard InChI is InChI=1S/C13H16N2O4S/c14-11(16)7-20-8-12(17)15-10(13(18)19)6-9-4-2-1-3-5-9/h1-5,10H,6-8H2,(H2,14,16)(H,15,17)(H,18,19)/t10-/m0/s1. The van der Waals surface area contributed by atoms with Crippen molar-refractivity contribution in [2.75, 3.05) is 11.5 Å². The predicted molar refractivity (Wildman–Crippen MR) is 76.2 cm³/mol. The van der Waals surface area contributed by atoms with Crippen molar-refractivity contribution < 1.29 is 19.5 Å². The van der Waals surface area contributed by atoms with E-state index in [9.17, 15) is 14.4 Å². The van der Waals surface area contributed by atoms with Gasteiger partial charge in [0.1, 0.15) is 6.04 Å². The van der Waals surface area contributed by atoms with E-state index in [0.717, 1.165) is 17.3 Å². The Morgan fingerprint density at radius 2 is 1.85 bits per heavy atom. The first-order valence-corrected chi connectivity index (χ1v) is 7.06. The molecule has 0 heterocycles. The first kappa shape index (κ1) is 16.0. The largest absolute Gasteiger partial charge is 0.480 e. The molecule has 2 amide bonds. The van der Waals surface area contributed by atoms with Gasteiger partial charge < -0.3 is 16.2 Å². The molecule has 0 radical (unpaired) electrons. The minimum atomic E-state index is -1.10. The molecule has 0 aliphatic rings. The molecule has 0 spiro atoms. The van der Waals surface area contributed by atoms with Crippen LogP contribution < -0.4 is 11.1 Å². The molecule has 20 heavy (non-hydrogen) atoms. The molecular weight excluding hydrogens is 280 g/mol. The van der Waals surface area contributed by atoms with Gasteiger partial charge in [0, 0.05) is 6.42 Å². The molecule has 0 fully saturated rings. The molecule has 0 aliphatic carbocycles. The summed E-state index contributed by atoms with van der Waals surface area (Å²) in [6.45, 7) is 0. The molecule has 7 heteroatoms. The zero-order chi connectivity index (χ0) is 15.0. The van der Waals surface area contributed by atoms with Gasteiger partial charge in [0.15, 0.2) is 0 Å². The molecule has 1 rings (SSSR count). The van der Waals surface area contributed by atoms with Gasteiger partial charge in [-0.3, -0.25) is 9.59 Å². The maximum Gasteiger partial charge on any atom is 0.326 e. The van der Waals surface area contributed by atoms with Crippen LogP contribution in [0, 0.1) is 0 Å². The second-order valence-corrected chi connectivity index (χ2v) is 5.09. The molecule has 1 atom stereocenters. The fourth-order valence-corrected chi connectivity index (χ4v) is 2.10. The maximum absolute atomic E-state index is 11.6. The van der Waals surface area contributed by atoms with E-state index in [-0.39, 0.29) is 17.9 Å². The molecule has 6 nitrogen and oxygen atoms in total. The van der Waals surface area contributed by atoms with E-state index in [0.29, 0.717) is 0 Å². The number of carbonyl (C=O) groups is 3. The lowest BCUT2D eigenvalue weighted by Gasteiger charge is -2.14. The summed E-state index contributed by atoms with van der Waals surface area (Å²) in [5.74, 6) is -2.01. The number of carboxylic acids is 1. The Labute approximate surface area is 120 Å². The summed E-state index contributed by atoms with van der Waals surface area (Å²) in [5, 5.41) is 11.5. The number of amides is 2. The van der Waals surface area contributed by atoms with Crippen LogP contribution >= 0.6 is 11.8 Å².